The molecule has 0 radical (unpaired) electrons. The van der Waals surface area contributed by atoms with E-state index >= 15 is 0 Å². The molecule has 0 aromatic heterocycles. The monoisotopic (exact) mass is 131 g/mol. The Labute approximate surface area is 55.7 Å². The first-order chi connectivity index (χ1) is 3.85. The summed E-state index contributed by atoms with van der Waals surface area (Å²) in [6.45, 7) is 8.40. The molecule has 9 heavy (non-hydrogen) atoms. The standard InChI is InChI=1S/C7H14FN/c1-5(2)6(8)7(3,4)9/h6H,1,9H2,2-4H3. The Morgan fingerprint density at radius 1 is 1.67 bits per heavy atom. The number of hydrogen-bond acceptors (Lipinski definition) is 1. The fourth-order valence-corrected chi connectivity index (χ4v) is 0.635. The van der Waals surface area contributed by atoms with E-state index < -0.39 is 11.7 Å². The SMILES string of the molecule is C=C(C)C(F)C(C)(C)N. The molecule has 0 aromatic rings. The van der Waals surface area contributed by atoms with Gasteiger partial charge in [-0.15, -0.1) is 0 Å². The van der Waals surface area contributed by atoms with Crippen LogP contribution in [0, 0.1) is 0 Å². The van der Waals surface area contributed by atoms with Crippen LogP contribution in [-0.2, 0) is 0 Å². The van der Waals surface area contributed by atoms with Crippen molar-refractivity contribution >= 4 is 0 Å². The lowest BCUT2D eigenvalue weighted by Crippen LogP contribution is -2.42. The van der Waals surface area contributed by atoms with Crippen LogP contribution in [0.3, 0.4) is 0 Å². The largest absolute Gasteiger partial charge is 0.323 e. The molecule has 2 N–H and O–H groups in total. The first kappa shape index (κ1) is 8.63. The van der Waals surface area contributed by atoms with Gasteiger partial charge >= 0.3 is 0 Å². The average molecular weight is 131 g/mol. The molecule has 0 saturated carbocycles. The predicted octanol–water partition coefficient (Wildman–Crippen LogP) is 1.64. The number of halogens is 1. The summed E-state index contributed by atoms with van der Waals surface area (Å²) in [4.78, 5) is 0. The minimum Gasteiger partial charge on any atom is -0.323 e. The van der Waals surface area contributed by atoms with Crippen molar-refractivity contribution in [1.82, 2.24) is 0 Å². The van der Waals surface area contributed by atoms with Gasteiger partial charge in [-0.3, -0.25) is 0 Å². The van der Waals surface area contributed by atoms with Crippen molar-refractivity contribution in [2.75, 3.05) is 0 Å². The highest BCUT2D eigenvalue weighted by Gasteiger charge is 2.24. The van der Waals surface area contributed by atoms with E-state index in [1.54, 1.807) is 20.8 Å². The van der Waals surface area contributed by atoms with Crippen LogP contribution in [0.15, 0.2) is 12.2 Å². The molecular weight excluding hydrogens is 117 g/mol. The first-order valence-electron chi connectivity index (χ1n) is 2.94. The zero-order valence-corrected chi connectivity index (χ0v) is 6.24. The van der Waals surface area contributed by atoms with Gasteiger partial charge in [-0.25, -0.2) is 4.39 Å². The summed E-state index contributed by atoms with van der Waals surface area (Å²) in [5.41, 5.74) is 5.15. The van der Waals surface area contributed by atoms with Crippen LogP contribution in [0.5, 0.6) is 0 Å². The molecular formula is C7H14FN. The molecule has 1 unspecified atom stereocenters. The topological polar surface area (TPSA) is 26.0 Å². The number of nitrogens with two attached hydrogens (primary N) is 1. The Hall–Kier alpha value is -0.370. The molecule has 0 heterocycles. The van der Waals surface area contributed by atoms with E-state index in [2.05, 4.69) is 6.58 Å². The van der Waals surface area contributed by atoms with E-state index in [0.717, 1.165) is 0 Å². The van der Waals surface area contributed by atoms with E-state index in [9.17, 15) is 4.39 Å². The third-order valence-electron chi connectivity index (χ3n) is 1.09. The number of hydrogen-bond donors (Lipinski definition) is 1. The summed E-state index contributed by atoms with van der Waals surface area (Å²) >= 11 is 0. The molecule has 0 aromatic carbocycles. The normalized spacial score (nSPS) is 15.2. The van der Waals surface area contributed by atoms with Crippen LogP contribution < -0.4 is 5.73 Å². The molecule has 0 aliphatic carbocycles. The second kappa shape index (κ2) is 2.48. The molecule has 1 nitrogen and oxygen atoms in total. The van der Waals surface area contributed by atoms with Gasteiger partial charge in [0.2, 0.25) is 0 Å². The van der Waals surface area contributed by atoms with Crippen molar-refractivity contribution in [3.05, 3.63) is 12.2 Å². The van der Waals surface area contributed by atoms with Crippen LogP contribution in [0.1, 0.15) is 20.8 Å². The summed E-state index contributed by atoms with van der Waals surface area (Å²) in [7, 11) is 0. The van der Waals surface area contributed by atoms with Crippen molar-refractivity contribution < 1.29 is 4.39 Å². The van der Waals surface area contributed by atoms with Gasteiger partial charge in [-0.1, -0.05) is 6.58 Å². The maximum Gasteiger partial charge on any atom is 0.138 e. The van der Waals surface area contributed by atoms with Crippen LogP contribution in [0.25, 0.3) is 0 Å². The predicted molar refractivity (Wildman–Crippen MR) is 38.0 cm³/mol. The molecule has 0 fully saturated rings. The van der Waals surface area contributed by atoms with Crippen molar-refractivity contribution in [3.8, 4) is 0 Å². The highest BCUT2D eigenvalue weighted by Crippen LogP contribution is 2.15. The van der Waals surface area contributed by atoms with Gasteiger partial charge in [0.05, 0.1) is 0 Å². The van der Waals surface area contributed by atoms with Crippen molar-refractivity contribution in [1.29, 1.82) is 0 Å². The summed E-state index contributed by atoms with van der Waals surface area (Å²) in [5, 5.41) is 0. The van der Waals surface area contributed by atoms with E-state index in [-0.39, 0.29) is 0 Å². The summed E-state index contributed by atoms with van der Waals surface area (Å²) < 4.78 is 12.8. The van der Waals surface area contributed by atoms with Gasteiger partial charge in [0.25, 0.3) is 0 Å². The third kappa shape index (κ3) is 2.61. The molecule has 54 valence electrons. The summed E-state index contributed by atoms with van der Waals surface area (Å²) in [6, 6.07) is 0. The minimum absolute atomic E-state index is 0.488. The Morgan fingerprint density at radius 2 is 2.00 bits per heavy atom. The van der Waals surface area contributed by atoms with Crippen LogP contribution in [-0.4, -0.2) is 11.7 Å². The van der Waals surface area contributed by atoms with E-state index in [1.807, 2.05) is 0 Å². The average Bonchev–Trinajstić information content (AvgIpc) is 1.62. The van der Waals surface area contributed by atoms with E-state index in [0.29, 0.717) is 5.57 Å². The van der Waals surface area contributed by atoms with Crippen LogP contribution in [0.4, 0.5) is 4.39 Å². The molecule has 1 atom stereocenters. The zero-order valence-electron chi connectivity index (χ0n) is 6.24. The highest BCUT2D eigenvalue weighted by molar-refractivity contribution is 5.06. The second-order valence-electron chi connectivity index (χ2n) is 3.03. The minimum atomic E-state index is -1.10. The molecule has 2 heteroatoms. The van der Waals surface area contributed by atoms with Gasteiger partial charge in [0.1, 0.15) is 6.17 Å². The lowest BCUT2D eigenvalue weighted by atomic mass is 9.96. The fraction of sp³-hybridized carbons (Fsp3) is 0.714. The van der Waals surface area contributed by atoms with Gasteiger partial charge in [-0.2, -0.15) is 0 Å². The Morgan fingerprint density at radius 3 is 2.00 bits per heavy atom. The van der Waals surface area contributed by atoms with E-state index in [4.69, 9.17) is 5.73 Å². The second-order valence-corrected chi connectivity index (χ2v) is 3.03. The number of rotatable bonds is 2. The smallest absolute Gasteiger partial charge is 0.138 e. The van der Waals surface area contributed by atoms with Gasteiger partial charge in [0, 0.05) is 5.54 Å². The van der Waals surface area contributed by atoms with Crippen LogP contribution in [0.2, 0.25) is 0 Å². The first-order valence-corrected chi connectivity index (χ1v) is 2.94. The lowest BCUT2D eigenvalue weighted by Gasteiger charge is -2.23. The lowest BCUT2D eigenvalue weighted by molar-refractivity contribution is 0.258. The molecule has 0 bridgehead atoms. The Kier molecular flexibility index (Phi) is 2.38. The summed E-state index contributed by atoms with van der Waals surface area (Å²) in [6.07, 6.45) is -1.10. The molecule has 0 amide bonds. The highest BCUT2D eigenvalue weighted by atomic mass is 19.1. The van der Waals surface area contributed by atoms with Crippen molar-refractivity contribution in [2.45, 2.75) is 32.5 Å². The van der Waals surface area contributed by atoms with Gasteiger partial charge < -0.3 is 5.73 Å². The number of alkyl halides is 1. The maximum atomic E-state index is 12.8. The van der Waals surface area contributed by atoms with Gasteiger partial charge in [-0.05, 0) is 26.3 Å². The van der Waals surface area contributed by atoms with E-state index in [1.165, 1.54) is 0 Å². The summed E-state index contributed by atoms with van der Waals surface area (Å²) in [5.74, 6) is 0. The van der Waals surface area contributed by atoms with Crippen molar-refractivity contribution in [3.63, 3.8) is 0 Å². The molecule has 0 saturated heterocycles. The fourth-order valence-electron chi connectivity index (χ4n) is 0.635. The molecule has 0 rings (SSSR count). The Balaban J connectivity index is 4.04. The maximum absolute atomic E-state index is 12.8. The quantitative estimate of drug-likeness (QED) is 0.566. The molecule has 0 aliphatic heterocycles. The van der Waals surface area contributed by atoms with Crippen molar-refractivity contribution in [2.24, 2.45) is 5.73 Å². The van der Waals surface area contributed by atoms with Gasteiger partial charge in [0.15, 0.2) is 0 Å². The zero-order chi connectivity index (χ0) is 7.65. The molecule has 0 aliphatic rings. The van der Waals surface area contributed by atoms with Crippen LogP contribution >= 0.6 is 0 Å². The third-order valence-corrected chi connectivity index (χ3v) is 1.09. The Bertz CT molecular complexity index is 113. The molecule has 0 spiro atoms.